The third-order valence-electron chi connectivity index (χ3n) is 2.35. The molecule has 0 bridgehead atoms. The number of benzene rings is 1. The van der Waals surface area contributed by atoms with Crippen molar-refractivity contribution in [2.75, 3.05) is 13.7 Å². The van der Waals surface area contributed by atoms with Crippen molar-refractivity contribution in [1.82, 2.24) is 0 Å². The molecule has 1 aromatic carbocycles. The first kappa shape index (κ1) is 19.3. The summed E-state index contributed by atoms with van der Waals surface area (Å²) >= 11 is 16.8. The molecule has 0 aliphatic carbocycles. The highest BCUT2D eigenvalue weighted by atomic mass is 35.5. The summed E-state index contributed by atoms with van der Waals surface area (Å²) in [5, 5.41) is 0.115. The maximum absolute atomic E-state index is 12.1. The highest BCUT2D eigenvalue weighted by Gasteiger charge is 2.30. The SMILES string of the molecule is CCOC(=O)C(OC(=O)Cl)OC(=O)c1cc(OC)c(Cl)cc1Cl. The van der Waals surface area contributed by atoms with Crippen molar-refractivity contribution < 1.29 is 33.3 Å². The van der Waals surface area contributed by atoms with Gasteiger partial charge in [0.15, 0.2) is 0 Å². The van der Waals surface area contributed by atoms with E-state index >= 15 is 0 Å². The number of carbonyl (C=O) groups is 3. The monoisotopic (exact) mass is 384 g/mol. The molecule has 10 heteroatoms. The molecule has 1 unspecified atom stereocenters. The summed E-state index contributed by atoms with van der Waals surface area (Å²) in [6, 6.07) is 2.46. The van der Waals surface area contributed by atoms with Crippen molar-refractivity contribution in [3.05, 3.63) is 27.7 Å². The van der Waals surface area contributed by atoms with Gasteiger partial charge in [0.1, 0.15) is 5.75 Å². The average molecular weight is 386 g/mol. The van der Waals surface area contributed by atoms with Gasteiger partial charge in [-0.25, -0.2) is 14.4 Å². The maximum atomic E-state index is 12.1. The van der Waals surface area contributed by atoms with Gasteiger partial charge in [-0.15, -0.1) is 0 Å². The summed E-state index contributed by atoms with van der Waals surface area (Å²) in [5.41, 5.74) is -1.51. The molecule has 0 aromatic heterocycles. The van der Waals surface area contributed by atoms with E-state index in [0.29, 0.717) is 0 Å². The third-order valence-corrected chi connectivity index (χ3v) is 3.05. The number of ether oxygens (including phenoxy) is 4. The predicted octanol–water partition coefficient (Wildman–Crippen LogP) is 3.42. The van der Waals surface area contributed by atoms with Crippen LogP contribution in [0.5, 0.6) is 5.75 Å². The van der Waals surface area contributed by atoms with Crippen molar-refractivity contribution >= 4 is 52.2 Å². The Bertz CT molecular complexity index is 618. The van der Waals surface area contributed by atoms with Crippen molar-refractivity contribution in [3.63, 3.8) is 0 Å². The molecule has 7 nitrogen and oxygen atoms in total. The van der Waals surface area contributed by atoms with Crippen molar-refractivity contribution in [2.24, 2.45) is 0 Å². The van der Waals surface area contributed by atoms with Crippen molar-refractivity contribution in [1.29, 1.82) is 0 Å². The molecule has 0 fully saturated rings. The Balaban J connectivity index is 3.02. The fourth-order valence-corrected chi connectivity index (χ4v) is 2.04. The van der Waals surface area contributed by atoms with E-state index in [2.05, 4.69) is 9.47 Å². The lowest BCUT2D eigenvalue weighted by atomic mass is 10.2. The maximum Gasteiger partial charge on any atom is 0.407 e. The van der Waals surface area contributed by atoms with Crippen LogP contribution in [-0.2, 0) is 19.0 Å². The minimum absolute atomic E-state index is 0.0256. The Labute approximate surface area is 146 Å². The highest BCUT2D eigenvalue weighted by Crippen LogP contribution is 2.31. The lowest BCUT2D eigenvalue weighted by Crippen LogP contribution is -2.32. The normalized spacial score (nSPS) is 11.3. The van der Waals surface area contributed by atoms with Crippen molar-refractivity contribution in [3.8, 4) is 5.75 Å². The van der Waals surface area contributed by atoms with Gasteiger partial charge in [0.2, 0.25) is 0 Å². The van der Waals surface area contributed by atoms with Gasteiger partial charge in [-0.3, -0.25) is 0 Å². The van der Waals surface area contributed by atoms with E-state index in [1.165, 1.54) is 26.2 Å². The van der Waals surface area contributed by atoms with E-state index in [0.717, 1.165) is 0 Å². The van der Waals surface area contributed by atoms with Crippen LogP contribution in [0.3, 0.4) is 0 Å². The van der Waals surface area contributed by atoms with E-state index in [1.54, 1.807) is 0 Å². The second-order valence-electron chi connectivity index (χ2n) is 3.81. The van der Waals surface area contributed by atoms with Crippen LogP contribution in [-0.4, -0.2) is 37.4 Å². The molecule has 0 radical (unpaired) electrons. The predicted molar refractivity (Wildman–Crippen MR) is 81.2 cm³/mol. The molecule has 1 rings (SSSR count). The summed E-state index contributed by atoms with van der Waals surface area (Å²) in [5.74, 6) is -2.02. The van der Waals surface area contributed by atoms with Gasteiger partial charge in [0.25, 0.3) is 0 Å². The molecule has 0 heterocycles. The first-order valence-electron chi connectivity index (χ1n) is 6.06. The number of hydrogen-bond donors (Lipinski definition) is 0. The van der Waals surface area contributed by atoms with Crippen molar-refractivity contribution in [2.45, 2.75) is 13.2 Å². The summed E-state index contributed by atoms with van der Waals surface area (Å²) < 4.78 is 18.7. The van der Waals surface area contributed by atoms with E-state index in [4.69, 9.17) is 44.3 Å². The summed E-state index contributed by atoms with van der Waals surface area (Å²) in [4.78, 5) is 34.5. The second kappa shape index (κ2) is 8.81. The molecule has 0 spiro atoms. The molecular weight excluding hydrogens is 374 g/mol. The zero-order valence-corrected chi connectivity index (χ0v) is 14.2. The van der Waals surface area contributed by atoms with Gasteiger partial charge in [-0.2, -0.15) is 0 Å². The van der Waals surface area contributed by atoms with E-state index in [-0.39, 0.29) is 28.0 Å². The largest absolute Gasteiger partial charge is 0.495 e. The van der Waals surface area contributed by atoms with Gasteiger partial charge in [0.05, 0.1) is 29.3 Å². The van der Waals surface area contributed by atoms with Crippen LogP contribution in [0.2, 0.25) is 10.0 Å². The Morgan fingerprint density at radius 2 is 1.78 bits per heavy atom. The fraction of sp³-hybridized carbons (Fsp3) is 0.308. The van der Waals surface area contributed by atoms with Gasteiger partial charge in [0, 0.05) is 11.6 Å². The molecule has 0 saturated carbocycles. The van der Waals surface area contributed by atoms with Crippen LogP contribution in [0.1, 0.15) is 17.3 Å². The lowest BCUT2D eigenvalue weighted by molar-refractivity contribution is -0.172. The molecule has 1 atom stereocenters. The molecule has 0 saturated heterocycles. The van der Waals surface area contributed by atoms with Crippen LogP contribution in [0, 0.1) is 0 Å². The Kier molecular flexibility index (Phi) is 7.41. The Morgan fingerprint density at radius 1 is 1.13 bits per heavy atom. The van der Waals surface area contributed by atoms with Crippen LogP contribution in [0.25, 0.3) is 0 Å². The fourth-order valence-electron chi connectivity index (χ4n) is 1.42. The van der Waals surface area contributed by atoms with Crippen LogP contribution >= 0.6 is 34.8 Å². The summed E-state index contributed by atoms with van der Waals surface area (Å²) in [6.07, 6.45) is -1.97. The standard InChI is InChI=1S/C13H11Cl3O7/c1-3-21-11(18)12(23-13(16)19)22-10(17)6-4-9(20-2)8(15)5-7(6)14/h4-5,12H,3H2,1-2H3. The molecule has 126 valence electrons. The number of rotatable bonds is 6. The first-order chi connectivity index (χ1) is 10.8. The van der Waals surface area contributed by atoms with Crippen LogP contribution < -0.4 is 4.74 Å². The average Bonchev–Trinajstić information content (AvgIpc) is 2.46. The molecule has 23 heavy (non-hydrogen) atoms. The van der Waals surface area contributed by atoms with E-state index in [1.807, 2.05) is 0 Å². The third kappa shape index (κ3) is 5.46. The van der Waals surface area contributed by atoms with Crippen LogP contribution in [0.15, 0.2) is 12.1 Å². The van der Waals surface area contributed by atoms with Gasteiger partial charge in [-0.05, 0) is 19.1 Å². The zero-order valence-electron chi connectivity index (χ0n) is 11.9. The Morgan fingerprint density at radius 3 is 2.30 bits per heavy atom. The minimum Gasteiger partial charge on any atom is -0.495 e. The molecule has 0 N–H and O–H groups in total. The topological polar surface area (TPSA) is 88.1 Å². The van der Waals surface area contributed by atoms with Crippen LogP contribution in [0.4, 0.5) is 4.79 Å². The van der Waals surface area contributed by atoms with Gasteiger partial charge in [-0.1, -0.05) is 23.2 Å². The molecule has 0 amide bonds. The number of halogens is 3. The molecular formula is C13H11Cl3O7. The first-order valence-corrected chi connectivity index (χ1v) is 7.20. The van der Waals surface area contributed by atoms with E-state index in [9.17, 15) is 14.4 Å². The molecule has 0 aliphatic rings. The molecule has 0 aliphatic heterocycles. The van der Waals surface area contributed by atoms with E-state index < -0.39 is 23.7 Å². The zero-order chi connectivity index (χ0) is 17.6. The smallest absolute Gasteiger partial charge is 0.407 e. The van der Waals surface area contributed by atoms with Gasteiger partial charge < -0.3 is 18.9 Å². The lowest BCUT2D eigenvalue weighted by Gasteiger charge is -2.16. The minimum atomic E-state index is -1.97. The highest BCUT2D eigenvalue weighted by molar-refractivity contribution is 6.61. The Hall–Kier alpha value is -1.70. The number of hydrogen-bond acceptors (Lipinski definition) is 7. The summed E-state index contributed by atoms with van der Waals surface area (Å²) in [7, 11) is 1.33. The number of esters is 2. The quantitative estimate of drug-likeness (QED) is 0.421. The number of carbonyl (C=O) groups excluding carboxylic acids is 3. The van der Waals surface area contributed by atoms with Gasteiger partial charge >= 0.3 is 23.7 Å². The number of methoxy groups -OCH3 is 1. The molecule has 1 aromatic rings. The summed E-state index contributed by atoms with van der Waals surface area (Å²) in [6.45, 7) is 1.49. The second-order valence-corrected chi connectivity index (χ2v) is 4.93.